The van der Waals surface area contributed by atoms with E-state index in [4.69, 9.17) is 4.74 Å². The predicted molar refractivity (Wildman–Crippen MR) is 103 cm³/mol. The Morgan fingerprint density at radius 2 is 1.63 bits per heavy atom. The van der Waals surface area contributed by atoms with Gasteiger partial charge in [-0.25, -0.2) is 0 Å². The van der Waals surface area contributed by atoms with Crippen molar-refractivity contribution in [2.75, 3.05) is 20.7 Å². The second-order valence-corrected chi connectivity index (χ2v) is 6.68. The zero-order chi connectivity index (χ0) is 19.9. The first-order valence-electron chi connectivity index (χ1n) is 8.76. The summed E-state index contributed by atoms with van der Waals surface area (Å²) in [6, 6.07) is 21.0. The van der Waals surface area contributed by atoms with Crippen molar-refractivity contribution in [3.63, 3.8) is 0 Å². The standard InChI is InChI=1S/C22H24N2O3/c1-17(25)27-16-22(15-23,19-12-8-5-9-13-19)20(14-21(26)24(2)3)18-10-6-4-7-11-18/h4-13,20H,14,16H2,1-3H3/t20-,22-/m1/s1. The molecule has 0 spiro atoms. The van der Waals surface area contributed by atoms with Crippen LogP contribution in [-0.4, -0.2) is 37.5 Å². The molecule has 0 aliphatic rings. The number of hydrogen-bond donors (Lipinski definition) is 0. The van der Waals surface area contributed by atoms with Gasteiger partial charge in [-0.2, -0.15) is 5.26 Å². The average Bonchev–Trinajstić information content (AvgIpc) is 2.68. The Morgan fingerprint density at radius 3 is 2.11 bits per heavy atom. The molecule has 0 fully saturated rings. The van der Waals surface area contributed by atoms with Crippen molar-refractivity contribution in [2.45, 2.75) is 24.7 Å². The number of amides is 1. The molecule has 5 heteroatoms. The molecule has 0 aliphatic heterocycles. The molecule has 0 N–H and O–H groups in total. The normalized spacial score (nSPS) is 13.7. The van der Waals surface area contributed by atoms with Gasteiger partial charge < -0.3 is 9.64 Å². The van der Waals surface area contributed by atoms with Gasteiger partial charge in [0.1, 0.15) is 12.0 Å². The number of benzene rings is 2. The second kappa shape index (κ2) is 9.00. The highest BCUT2D eigenvalue weighted by atomic mass is 16.5. The number of ether oxygens (including phenoxy) is 1. The van der Waals surface area contributed by atoms with E-state index in [1.165, 1.54) is 11.8 Å². The van der Waals surface area contributed by atoms with Crippen LogP contribution in [0, 0.1) is 11.3 Å². The maximum Gasteiger partial charge on any atom is 0.302 e. The first kappa shape index (κ1) is 20.2. The lowest BCUT2D eigenvalue weighted by Gasteiger charge is -2.35. The summed E-state index contributed by atoms with van der Waals surface area (Å²) >= 11 is 0. The van der Waals surface area contributed by atoms with E-state index in [0.29, 0.717) is 5.56 Å². The summed E-state index contributed by atoms with van der Waals surface area (Å²) in [6.45, 7) is 1.19. The van der Waals surface area contributed by atoms with Crippen LogP contribution in [0.15, 0.2) is 60.7 Å². The summed E-state index contributed by atoms with van der Waals surface area (Å²) in [6.07, 6.45) is 0.126. The Hall–Kier alpha value is -3.13. The number of esters is 1. The number of carbonyl (C=O) groups is 2. The number of carbonyl (C=O) groups excluding carboxylic acids is 2. The third-order valence-electron chi connectivity index (χ3n) is 4.67. The van der Waals surface area contributed by atoms with Crippen molar-refractivity contribution < 1.29 is 14.3 Å². The molecule has 0 radical (unpaired) electrons. The summed E-state index contributed by atoms with van der Waals surface area (Å²) in [5.74, 6) is -1.03. The number of hydrogen-bond acceptors (Lipinski definition) is 4. The number of nitriles is 1. The fourth-order valence-electron chi connectivity index (χ4n) is 3.13. The Morgan fingerprint density at radius 1 is 1.07 bits per heavy atom. The van der Waals surface area contributed by atoms with Crippen molar-refractivity contribution in [1.29, 1.82) is 5.26 Å². The van der Waals surface area contributed by atoms with Crippen molar-refractivity contribution in [1.82, 2.24) is 4.90 Å². The van der Waals surface area contributed by atoms with E-state index in [2.05, 4.69) is 6.07 Å². The van der Waals surface area contributed by atoms with Gasteiger partial charge in [-0.15, -0.1) is 0 Å². The molecule has 2 aromatic carbocycles. The van der Waals surface area contributed by atoms with Gasteiger partial charge in [0.15, 0.2) is 0 Å². The molecule has 0 heterocycles. The first-order valence-corrected chi connectivity index (χ1v) is 8.76. The van der Waals surface area contributed by atoms with Gasteiger partial charge in [0.05, 0.1) is 6.07 Å². The van der Waals surface area contributed by atoms with E-state index < -0.39 is 17.3 Å². The van der Waals surface area contributed by atoms with Crippen LogP contribution >= 0.6 is 0 Å². The molecule has 0 aromatic heterocycles. The topological polar surface area (TPSA) is 70.4 Å². The largest absolute Gasteiger partial charge is 0.464 e. The van der Waals surface area contributed by atoms with Gasteiger partial charge in [-0.3, -0.25) is 9.59 Å². The maximum absolute atomic E-state index is 12.6. The van der Waals surface area contributed by atoms with Crippen LogP contribution in [0.3, 0.4) is 0 Å². The molecule has 2 atom stereocenters. The number of rotatable bonds is 7. The van der Waals surface area contributed by atoms with E-state index in [-0.39, 0.29) is 18.9 Å². The van der Waals surface area contributed by atoms with E-state index in [1.54, 1.807) is 14.1 Å². The van der Waals surface area contributed by atoms with Crippen LogP contribution in [0.25, 0.3) is 0 Å². The smallest absolute Gasteiger partial charge is 0.302 e. The van der Waals surface area contributed by atoms with Crippen LogP contribution in [0.4, 0.5) is 0 Å². The predicted octanol–water partition coefficient (Wildman–Crippen LogP) is 3.27. The van der Waals surface area contributed by atoms with E-state index in [0.717, 1.165) is 5.56 Å². The highest BCUT2D eigenvalue weighted by Gasteiger charge is 2.44. The van der Waals surface area contributed by atoms with E-state index >= 15 is 0 Å². The fourth-order valence-corrected chi connectivity index (χ4v) is 3.13. The monoisotopic (exact) mass is 364 g/mol. The summed E-state index contributed by atoms with van der Waals surface area (Å²) < 4.78 is 5.31. The maximum atomic E-state index is 12.6. The molecule has 0 aliphatic carbocycles. The molecule has 0 saturated heterocycles. The van der Waals surface area contributed by atoms with E-state index in [1.807, 2.05) is 60.7 Å². The van der Waals surface area contributed by atoms with E-state index in [9.17, 15) is 14.9 Å². The molecule has 140 valence electrons. The highest BCUT2D eigenvalue weighted by molar-refractivity contribution is 5.77. The first-order chi connectivity index (χ1) is 12.9. The fraction of sp³-hybridized carbons (Fsp3) is 0.318. The minimum Gasteiger partial charge on any atom is -0.464 e. The zero-order valence-electron chi connectivity index (χ0n) is 15.9. The van der Waals surface area contributed by atoms with Gasteiger partial charge >= 0.3 is 5.97 Å². The summed E-state index contributed by atoms with van der Waals surface area (Å²) in [5.41, 5.74) is 0.388. The van der Waals surface area contributed by atoms with Gasteiger partial charge in [-0.1, -0.05) is 60.7 Å². The average molecular weight is 364 g/mol. The molecule has 2 rings (SSSR count). The van der Waals surface area contributed by atoms with Crippen molar-refractivity contribution in [2.24, 2.45) is 0 Å². The highest BCUT2D eigenvalue weighted by Crippen LogP contribution is 2.42. The van der Waals surface area contributed by atoms with Gasteiger partial charge in [0, 0.05) is 33.4 Å². The Kier molecular flexibility index (Phi) is 6.73. The molecular weight excluding hydrogens is 340 g/mol. The Balaban J connectivity index is 2.63. The number of nitrogens with zero attached hydrogens (tertiary/aromatic N) is 2. The molecule has 0 saturated carbocycles. The van der Waals surface area contributed by atoms with Crippen molar-refractivity contribution >= 4 is 11.9 Å². The molecule has 5 nitrogen and oxygen atoms in total. The molecule has 1 amide bonds. The molecule has 2 aromatic rings. The second-order valence-electron chi connectivity index (χ2n) is 6.68. The lowest BCUT2D eigenvalue weighted by molar-refractivity contribution is -0.142. The van der Waals surface area contributed by atoms with Crippen LogP contribution in [0.2, 0.25) is 0 Å². The molecule has 27 heavy (non-hydrogen) atoms. The van der Waals surface area contributed by atoms with Crippen LogP contribution in [0.5, 0.6) is 0 Å². The third kappa shape index (κ3) is 4.73. The van der Waals surface area contributed by atoms with Gasteiger partial charge in [0.25, 0.3) is 0 Å². The SMILES string of the molecule is CC(=O)OC[C@](C#N)(c1ccccc1)[C@H](CC(=O)N(C)C)c1ccccc1. The lowest BCUT2D eigenvalue weighted by atomic mass is 9.67. The van der Waals surface area contributed by atoms with Gasteiger partial charge in [0.2, 0.25) is 5.91 Å². The van der Waals surface area contributed by atoms with Crippen molar-refractivity contribution in [3.05, 3.63) is 71.8 Å². The summed E-state index contributed by atoms with van der Waals surface area (Å²) in [5, 5.41) is 10.3. The van der Waals surface area contributed by atoms with Crippen LogP contribution in [0.1, 0.15) is 30.4 Å². The van der Waals surface area contributed by atoms with Crippen LogP contribution in [-0.2, 0) is 19.7 Å². The molecular formula is C22H24N2O3. The summed E-state index contributed by atoms with van der Waals surface area (Å²) in [4.78, 5) is 25.6. The zero-order valence-corrected chi connectivity index (χ0v) is 15.9. The molecule has 0 bridgehead atoms. The van der Waals surface area contributed by atoms with Gasteiger partial charge in [-0.05, 0) is 11.1 Å². The van der Waals surface area contributed by atoms with Crippen molar-refractivity contribution in [3.8, 4) is 6.07 Å². The Labute approximate surface area is 160 Å². The lowest BCUT2D eigenvalue weighted by Crippen LogP contribution is -2.40. The Bertz CT molecular complexity index is 812. The molecule has 0 unspecified atom stereocenters. The third-order valence-corrected chi connectivity index (χ3v) is 4.67. The van der Waals surface area contributed by atoms with Crippen LogP contribution < -0.4 is 0 Å². The minimum absolute atomic E-state index is 0.0952. The summed E-state index contributed by atoms with van der Waals surface area (Å²) in [7, 11) is 3.38. The minimum atomic E-state index is -1.18. The quantitative estimate of drug-likeness (QED) is 0.707.